The van der Waals surface area contributed by atoms with E-state index in [1.54, 1.807) is 24.1 Å². The van der Waals surface area contributed by atoms with Crippen molar-refractivity contribution in [3.8, 4) is 21.6 Å². The number of nitrogens with two attached hydrogens (primary N) is 2. The van der Waals surface area contributed by atoms with Crippen LogP contribution < -0.4 is 11.5 Å². The van der Waals surface area contributed by atoms with Crippen molar-refractivity contribution < 1.29 is 18.7 Å². The summed E-state index contributed by atoms with van der Waals surface area (Å²) in [5.41, 5.74) is 16.3. The minimum atomic E-state index is -2.72. The molecule has 0 aliphatic carbocycles. The van der Waals surface area contributed by atoms with Gasteiger partial charge in [-0.1, -0.05) is 18.2 Å². The molecule has 2 heterocycles. The summed E-state index contributed by atoms with van der Waals surface area (Å²) in [4.78, 5) is 23.1. The normalized spacial score (nSPS) is 21.8. The van der Waals surface area contributed by atoms with Crippen LogP contribution in [-0.2, 0) is 9.05 Å². The molecule has 5 N–H and O–H groups in total. The van der Waals surface area contributed by atoms with E-state index >= 15 is 0 Å². The van der Waals surface area contributed by atoms with E-state index in [0.717, 1.165) is 21.6 Å². The highest BCUT2D eigenvalue weighted by molar-refractivity contribution is 7.59. The molecule has 1 aromatic heterocycles. The van der Waals surface area contributed by atoms with Gasteiger partial charge in [0.2, 0.25) is 5.91 Å². The highest BCUT2D eigenvalue weighted by Gasteiger charge is 2.40. The maximum atomic E-state index is 12.1. The zero-order chi connectivity index (χ0) is 20.6. The Balaban J connectivity index is 1.78. The topological polar surface area (TPSA) is 108 Å². The first-order valence-electron chi connectivity index (χ1n) is 9.10. The summed E-state index contributed by atoms with van der Waals surface area (Å²) in [6.45, 7) is 2.27. The average molecular weight is 429 g/mol. The second kappa shape index (κ2) is 7.86. The van der Waals surface area contributed by atoms with Crippen LogP contribution in [0, 0.1) is 0 Å². The zero-order valence-corrected chi connectivity index (χ0v) is 17.6. The molecule has 29 heavy (non-hydrogen) atoms. The van der Waals surface area contributed by atoms with Gasteiger partial charge in [0.25, 0.3) is 0 Å². The van der Waals surface area contributed by atoms with Gasteiger partial charge in [-0.15, -0.1) is 11.3 Å². The van der Waals surface area contributed by atoms with Crippen molar-refractivity contribution in [2.24, 2.45) is 5.73 Å². The Morgan fingerprint density at radius 1 is 1.14 bits per heavy atom. The number of benzene rings is 2. The first kappa shape index (κ1) is 20.0. The minimum Gasteiger partial charge on any atom is -0.398 e. The number of hydrogen-bond acceptors (Lipinski definition) is 6. The summed E-state index contributed by atoms with van der Waals surface area (Å²) < 4.78 is 11.0. The fourth-order valence-electron chi connectivity index (χ4n) is 3.37. The van der Waals surface area contributed by atoms with E-state index in [2.05, 4.69) is 0 Å². The molecule has 8 heteroatoms. The predicted octanol–water partition coefficient (Wildman–Crippen LogP) is 4.28. The highest BCUT2D eigenvalue weighted by atomic mass is 32.1. The number of primary amides is 1. The van der Waals surface area contributed by atoms with Crippen LogP contribution in [-0.4, -0.2) is 30.7 Å². The molecule has 1 aliphatic heterocycles. The molecule has 1 fully saturated rings. The first-order valence-corrected chi connectivity index (χ1v) is 12.0. The van der Waals surface area contributed by atoms with Crippen molar-refractivity contribution in [1.82, 2.24) is 0 Å². The summed E-state index contributed by atoms with van der Waals surface area (Å²) in [5, 5.41) is 2.02. The third kappa shape index (κ3) is 4.20. The molecular weight excluding hydrogens is 407 g/mol. The second-order valence-corrected chi connectivity index (χ2v) is 10.1. The van der Waals surface area contributed by atoms with Crippen molar-refractivity contribution in [3.05, 3.63) is 65.0 Å². The van der Waals surface area contributed by atoms with Gasteiger partial charge in [-0.3, -0.25) is 4.79 Å². The van der Waals surface area contributed by atoms with Gasteiger partial charge in [0, 0.05) is 27.6 Å². The van der Waals surface area contributed by atoms with Gasteiger partial charge < -0.3 is 11.5 Å². The van der Waals surface area contributed by atoms with Crippen molar-refractivity contribution in [2.75, 3.05) is 25.6 Å². The van der Waals surface area contributed by atoms with Crippen LogP contribution in [0.5, 0.6) is 0 Å². The smallest absolute Gasteiger partial charge is 0.398 e. The second-order valence-electron chi connectivity index (χ2n) is 7.04. The summed E-state index contributed by atoms with van der Waals surface area (Å²) in [7, 11) is -2.72. The Labute approximate surface area is 173 Å². The van der Waals surface area contributed by atoms with Gasteiger partial charge in [-0.25, -0.2) is 0 Å². The molecule has 0 bridgehead atoms. The number of rotatable bonds is 4. The van der Waals surface area contributed by atoms with E-state index in [-0.39, 0.29) is 5.92 Å². The van der Waals surface area contributed by atoms with E-state index < -0.39 is 13.9 Å². The van der Waals surface area contributed by atoms with E-state index in [9.17, 15) is 9.69 Å². The van der Waals surface area contributed by atoms with Crippen LogP contribution >= 0.6 is 19.3 Å². The lowest BCUT2D eigenvalue weighted by atomic mass is 9.90. The minimum absolute atomic E-state index is 0.0578. The van der Waals surface area contributed by atoms with Crippen molar-refractivity contribution >= 4 is 30.9 Å². The van der Waals surface area contributed by atoms with E-state index in [0.29, 0.717) is 30.0 Å². The van der Waals surface area contributed by atoms with Gasteiger partial charge >= 0.3 is 7.94 Å². The Morgan fingerprint density at radius 3 is 2.55 bits per heavy atom. The molecule has 4 rings (SSSR count). The molecule has 150 valence electrons. The molecule has 3 aromatic rings. The summed E-state index contributed by atoms with van der Waals surface area (Å²) >= 11 is 1.64. The van der Waals surface area contributed by atoms with E-state index in [1.807, 2.05) is 47.8 Å². The van der Waals surface area contributed by atoms with Crippen LogP contribution in [0.4, 0.5) is 5.69 Å². The summed E-state index contributed by atoms with van der Waals surface area (Å²) in [6.07, 6.45) is 0. The standard InChI is InChI=1S/C21H21N2O4PS/c1-28(25)26-11-15(12-27-28)13-4-6-16(21(23)24)17(9-13)18-10-14(5-7-19(18)22)20-3-2-8-29-20/h2-10,15,25H,11-12H2,1H3,(H3-,22,23,24)/p+1. The number of thiophene rings is 1. The van der Waals surface area contributed by atoms with E-state index in [1.165, 1.54) is 0 Å². The third-order valence-corrected chi connectivity index (χ3v) is 7.14. The van der Waals surface area contributed by atoms with Gasteiger partial charge in [0.1, 0.15) is 19.9 Å². The fraction of sp³-hybridized carbons (Fsp3) is 0.190. The molecule has 2 aromatic carbocycles. The van der Waals surface area contributed by atoms with Crippen LogP contribution in [0.2, 0.25) is 0 Å². The lowest BCUT2D eigenvalue weighted by Crippen LogP contribution is -2.22. The molecule has 0 atom stereocenters. The quantitative estimate of drug-likeness (QED) is 0.424. The lowest BCUT2D eigenvalue weighted by Gasteiger charge is -2.25. The molecule has 0 saturated carbocycles. The van der Waals surface area contributed by atoms with Gasteiger partial charge in [0.15, 0.2) is 0 Å². The highest BCUT2D eigenvalue weighted by Crippen LogP contribution is 2.56. The third-order valence-electron chi connectivity index (χ3n) is 4.96. The summed E-state index contributed by atoms with van der Waals surface area (Å²) in [6, 6.07) is 15.3. The number of carbonyl (C=O) groups is 1. The Kier molecular flexibility index (Phi) is 5.42. The monoisotopic (exact) mass is 429 g/mol. The Hall–Kier alpha value is -2.28. The average Bonchev–Trinajstić information content (AvgIpc) is 3.22. The SMILES string of the molecule is C[P+]1(O)OCC(c2ccc(C(N)=O)c(-c3cc(-c4cccs4)ccc3N)c2)CO1. The number of anilines is 1. The van der Waals surface area contributed by atoms with E-state index in [4.69, 9.17) is 20.5 Å². The number of hydrogen-bond donors (Lipinski definition) is 3. The van der Waals surface area contributed by atoms with Crippen molar-refractivity contribution in [3.63, 3.8) is 0 Å². The molecule has 0 radical (unpaired) electrons. The first-order chi connectivity index (χ1) is 13.8. The van der Waals surface area contributed by atoms with Crippen LogP contribution in [0.3, 0.4) is 0 Å². The van der Waals surface area contributed by atoms with Crippen molar-refractivity contribution in [1.29, 1.82) is 0 Å². The fourth-order valence-corrected chi connectivity index (χ4v) is 5.09. The molecule has 1 saturated heterocycles. The molecule has 0 unspecified atom stereocenters. The zero-order valence-electron chi connectivity index (χ0n) is 15.9. The largest absolute Gasteiger partial charge is 0.405 e. The lowest BCUT2D eigenvalue weighted by molar-refractivity contribution is 0.100. The Morgan fingerprint density at radius 2 is 1.90 bits per heavy atom. The molecule has 0 spiro atoms. The van der Waals surface area contributed by atoms with Crippen LogP contribution in [0.1, 0.15) is 21.8 Å². The number of amides is 1. The van der Waals surface area contributed by atoms with Gasteiger partial charge in [-0.2, -0.15) is 13.9 Å². The van der Waals surface area contributed by atoms with Crippen LogP contribution in [0.15, 0.2) is 53.9 Å². The van der Waals surface area contributed by atoms with Gasteiger partial charge in [0.05, 0.1) is 0 Å². The molecular formula is C21H22N2O4PS+. The maximum Gasteiger partial charge on any atom is 0.405 e. The molecule has 1 aliphatic rings. The number of nitrogen functional groups attached to an aromatic ring is 1. The van der Waals surface area contributed by atoms with Gasteiger partial charge in [-0.05, 0) is 52.4 Å². The molecule has 1 amide bonds. The predicted molar refractivity (Wildman–Crippen MR) is 118 cm³/mol. The molecule has 6 nitrogen and oxygen atoms in total. The summed E-state index contributed by atoms with van der Waals surface area (Å²) in [5.74, 6) is -0.574. The number of carbonyl (C=O) groups excluding carboxylic acids is 1. The Bertz CT molecular complexity index is 1040. The van der Waals surface area contributed by atoms with Crippen LogP contribution in [0.25, 0.3) is 21.6 Å². The maximum absolute atomic E-state index is 12.1. The van der Waals surface area contributed by atoms with Crippen molar-refractivity contribution in [2.45, 2.75) is 5.92 Å².